The van der Waals surface area contributed by atoms with Crippen LogP contribution in [-0.2, 0) is 18.4 Å². The van der Waals surface area contributed by atoms with Gasteiger partial charge in [0.05, 0.1) is 19.1 Å². The van der Waals surface area contributed by atoms with Crippen LogP contribution in [0.3, 0.4) is 0 Å². The van der Waals surface area contributed by atoms with Gasteiger partial charge in [0, 0.05) is 33.9 Å². The maximum atomic E-state index is 11.9. The van der Waals surface area contributed by atoms with E-state index in [1.54, 1.807) is 6.92 Å². The van der Waals surface area contributed by atoms with Gasteiger partial charge in [0.25, 0.3) is 0 Å². The molecule has 1 unspecified atom stereocenters. The molecule has 0 aromatic heterocycles. The molecule has 0 fully saturated rings. The monoisotopic (exact) mass is 309 g/mol. The van der Waals surface area contributed by atoms with E-state index in [1.807, 2.05) is 11.4 Å². The minimum absolute atomic E-state index is 0.0138. The first-order valence-corrected chi connectivity index (χ1v) is 9.15. The summed E-state index contributed by atoms with van der Waals surface area (Å²) in [4.78, 5) is 13.7. The van der Waals surface area contributed by atoms with Crippen LogP contribution in [0.4, 0.5) is 0 Å². The van der Waals surface area contributed by atoms with Crippen molar-refractivity contribution in [2.75, 3.05) is 53.3 Å². The molecule has 0 saturated heterocycles. The second-order valence-corrected chi connectivity index (χ2v) is 8.17. The van der Waals surface area contributed by atoms with Crippen LogP contribution in [0.1, 0.15) is 6.92 Å². The Hall–Kier alpha value is -0.513. The van der Waals surface area contributed by atoms with E-state index in [4.69, 9.17) is 23.8 Å². The number of hydrogen-bond donors (Lipinski definition) is 2. The third-order valence-electron chi connectivity index (χ3n) is 3.11. The lowest BCUT2D eigenvalue weighted by Gasteiger charge is -2.25. The molecule has 0 rings (SSSR count). The molecule has 0 aliphatic heterocycles. The summed E-state index contributed by atoms with van der Waals surface area (Å²) in [5.41, 5.74) is 0. The van der Waals surface area contributed by atoms with Gasteiger partial charge >= 0.3 is 14.5 Å². The third-order valence-corrected chi connectivity index (χ3v) is 5.50. The minimum Gasteiger partial charge on any atom is -0.464 e. The lowest BCUT2D eigenvalue weighted by molar-refractivity contribution is -0.147. The number of nitrogens with zero attached hydrogens (tertiary/aromatic N) is 1. The van der Waals surface area contributed by atoms with Crippen molar-refractivity contribution in [3.05, 3.63) is 0 Å². The number of hydrogen-bond acceptors (Lipinski definition) is 7. The van der Waals surface area contributed by atoms with Crippen LogP contribution in [-0.4, -0.2) is 82.9 Å². The van der Waals surface area contributed by atoms with Gasteiger partial charge in [-0.1, -0.05) is 6.92 Å². The first kappa shape index (κ1) is 19.5. The molecular formula is C12H27NO6Si. The predicted octanol–water partition coefficient (Wildman–Crippen LogP) is -0.644. The molecule has 120 valence electrons. The quantitative estimate of drug-likeness (QED) is 0.387. The van der Waals surface area contributed by atoms with Gasteiger partial charge in [-0.15, -0.1) is 0 Å². The van der Waals surface area contributed by atoms with Gasteiger partial charge < -0.3 is 23.8 Å². The van der Waals surface area contributed by atoms with E-state index in [1.165, 1.54) is 14.2 Å². The van der Waals surface area contributed by atoms with Crippen molar-refractivity contribution in [1.29, 1.82) is 0 Å². The van der Waals surface area contributed by atoms with Gasteiger partial charge in [-0.25, -0.2) is 0 Å². The number of esters is 1. The number of ether oxygens (including phenoxy) is 1. The van der Waals surface area contributed by atoms with Gasteiger partial charge in [0.2, 0.25) is 0 Å². The molecule has 0 aromatic rings. The van der Waals surface area contributed by atoms with E-state index in [0.717, 1.165) is 0 Å². The summed E-state index contributed by atoms with van der Waals surface area (Å²) in [6, 6.07) is 0. The normalized spacial score (nSPS) is 13.6. The van der Waals surface area contributed by atoms with Crippen LogP contribution >= 0.6 is 0 Å². The fourth-order valence-electron chi connectivity index (χ4n) is 1.58. The van der Waals surface area contributed by atoms with Crippen LogP contribution in [0.15, 0.2) is 0 Å². The molecule has 0 spiro atoms. The summed E-state index contributed by atoms with van der Waals surface area (Å²) in [5, 5.41) is 17.8. The fraction of sp³-hybridized carbons (Fsp3) is 0.917. The highest BCUT2D eigenvalue weighted by Crippen LogP contribution is 2.08. The average Bonchev–Trinajstić information content (AvgIpc) is 2.44. The Morgan fingerprint density at radius 1 is 1.20 bits per heavy atom. The number of aliphatic hydroxyl groups is 2. The molecule has 0 bridgehead atoms. The molecule has 8 heteroatoms. The molecule has 0 amide bonds. The van der Waals surface area contributed by atoms with Crippen LogP contribution in [0.5, 0.6) is 0 Å². The van der Waals surface area contributed by atoms with E-state index in [2.05, 4.69) is 0 Å². The Morgan fingerprint density at radius 3 is 2.10 bits per heavy atom. The molecule has 1 atom stereocenters. The Balaban J connectivity index is 4.25. The Kier molecular flexibility index (Phi) is 9.99. The standard InChI is InChI=1S/C12H27NO6Si/c1-11(9-13(5-7-14)6-8-15)12(16)19-10-20(4,17-2)18-3/h11,14-15H,5-10H2,1-4H3. The number of aliphatic hydroxyl groups excluding tert-OH is 2. The van der Waals surface area contributed by atoms with Crippen LogP contribution in [0.25, 0.3) is 0 Å². The molecule has 0 aromatic carbocycles. The number of rotatable bonds is 11. The van der Waals surface area contributed by atoms with Crippen molar-refractivity contribution in [2.24, 2.45) is 5.92 Å². The molecule has 2 N–H and O–H groups in total. The largest absolute Gasteiger partial charge is 0.464 e. The van der Waals surface area contributed by atoms with E-state index in [-0.39, 0.29) is 31.3 Å². The van der Waals surface area contributed by atoms with Gasteiger partial charge in [-0.2, -0.15) is 0 Å². The summed E-state index contributed by atoms with van der Waals surface area (Å²) in [5.74, 6) is -0.682. The first-order valence-electron chi connectivity index (χ1n) is 6.63. The average molecular weight is 309 g/mol. The summed E-state index contributed by atoms with van der Waals surface area (Å²) in [7, 11) is 0.665. The molecular weight excluding hydrogens is 282 g/mol. The van der Waals surface area contributed by atoms with Crippen molar-refractivity contribution >= 4 is 14.5 Å². The Labute approximate surface area is 121 Å². The zero-order valence-electron chi connectivity index (χ0n) is 12.8. The van der Waals surface area contributed by atoms with Crippen LogP contribution < -0.4 is 0 Å². The molecule has 0 aliphatic rings. The highest BCUT2D eigenvalue weighted by Gasteiger charge is 2.32. The van der Waals surface area contributed by atoms with Gasteiger partial charge in [0.1, 0.15) is 6.23 Å². The molecule has 0 radical (unpaired) electrons. The van der Waals surface area contributed by atoms with E-state index < -0.39 is 8.56 Å². The van der Waals surface area contributed by atoms with E-state index >= 15 is 0 Å². The SMILES string of the molecule is CO[Si](C)(COC(=O)C(C)CN(CCO)CCO)OC. The number of carbonyl (C=O) groups is 1. The summed E-state index contributed by atoms with van der Waals surface area (Å²) in [6.45, 7) is 4.80. The summed E-state index contributed by atoms with van der Waals surface area (Å²) >= 11 is 0. The van der Waals surface area contributed by atoms with Gasteiger partial charge in [0.15, 0.2) is 0 Å². The zero-order chi connectivity index (χ0) is 15.6. The molecule has 7 nitrogen and oxygen atoms in total. The van der Waals surface area contributed by atoms with E-state index in [0.29, 0.717) is 19.6 Å². The maximum absolute atomic E-state index is 11.9. The third kappa shape index (κ3) is 7.32. The predicted molar refractivity (Wildman–Crippen MR) is 76.4 cm³/mol. The van der Waals surface area contributed by atoms with Crippen molar-refractivity contribution in [3.8, 4) is 0 Å². The van der Waals surface area contributed by atoms with E-state index in [9.17, 15) is 4.79 Å². The summed E-state index contributed by atoms with van der Waals surface area (Å²) < 4.78 is 15.7. The minimum atomic E-state index is -2.41. The smallest absolute Gasteiger partial charge is 0.373 e. The van der Waals surface area contributed by atoms with Crippen LogP contribution in [0.2, 0.25) is 6.55 Å². The highest BCUT2D eigenvalue weighted by atomic mass is 28.4. The molecule has 0 heterocycles. The second-order valence-electron chi connectivity index (χ2n) is 4.80. The Morgan fingerprint density at radius 2 is 1.70 bits per heavy atom. The van der Waals surface area contributed by atoms with Crippen molar-refractivity contribution in [2.45, 2.75) is 13.5 Å². The molecule has 0 aliphatic carbocycles. The van der Waals surface area contributed by atoms with Crippen molar-refractivity contribution in [1.82, 2.24) is 4.90 Å². The second kappa shape index (κ2) is 10.2. The van der Waals surface area contributed by atoms with Gasteiger partial charge in [-0.3, -0.25) is 9.69 Å². The topological polar surface area (TPSA) is 88.5 Å². The molecule has 20 heavy (non-hydrogen) atoms. The van der Waals surface area contributed by atoms with Crippen LogP contribution in [0, 0.1) is 5.92 Å². The van der Waals surface area contributed by atoms with Crippen molar-refractivity contribution in [3.63, 3.8) is 0 Å². The van der Waals surface area contributed by atoms with Gasteiger partial charge in [-0.05, 0) is 6.55 Å². The maximum Gasteiger partial charge on any atom is 0.373 e. The molecule has 0 saturated carbocycles. The Bertz CT molecular complexity index is 269. The fourth-order valence-corrected chi connectivity index (χ4v) is 2.39. The first-order chi connectivity index (χ1) is 9.42. The number of carbonyl (C=O) groups excluding carboxylic acids is 1. The lowest BCUT2D eigenvalue weighted by Crippen LogP contribution is -2.44. The lowest BCUT2D eigenvalue weighted by atomic mass is 10.1. The zero-order valence-corrected chi connectivity index (χ0v) is 13.8. The highest BCUT2D eigenvalue weighted by molar-refractivity contribution is 6.65. The summed E-state index contributed by atoms with van der Waals surface area (Å²) in [6.07, 6.45) is 0.142. The van der Waals surface area contributed by atoms with Crippen molar-refractivity contribution < 1.29 is 28.6 Å².